The topological polar surface area (TPSA) is 78.4 Å². The van der Waals surface area contributed by atoms with Crippen LogP contribution in [-0.4, -0.2) is 35.6 Å². The first-order valence-corrected chi connectivity index (χ1v) is 7.08. The average Bonchev–Trinajstić information content (AvgIpc) is 2.27. The third-order valence-corrected chi connectivity index (χ3v) is 3.01. The molecule has 0 aliphatic heterocycles. The van der Waals surface area contributed by atoms with Crippen LogP contribution < -0.4 is 10.6 Å². The van der Waals surface area contributed by atoms with Crippen LogP contribution in [0.3, 0.4) is 0 Å². The second kappa shape index (κ2) is 9.78. The zero-order valence-corrected chi connectivity index (χ0v) is 12.5. The van der Waals surface area contributed by atoms with Crippen molar-refractivity contribution in [2.24, 2.45) is 5.92 Å². The molecule has 0 saturated carbocycles. The van der Waals surface area contributed by atoms with E-state index in [1.54, 1.807) is 6.92 Å². The minimum atomic E-state index is -0.753. The highest BCUT2D eigenvalue weighted by Crippen LogP contribution is 2.09. The molecule has 0 aromatic carbocycles. The lowest BCUT2D eigenvalue weighted by atomic mass is 10.0. The minimum Gasteiger partial charge on any atom is -0.481 e. The molecule has 0 bridgehead atoms. The summed E-state index contributed by atoms with van der Waals surface area (Å²) in [6, 6.07) is 0.496. The Morgan fingerprint density at radius 3 is 2.26 bits per heavy atom. The van der Waals surface area contributed by atoms with Gasteiger partial charge in [-0.3, -0.25) is 9.59 Å². The maximum Gasteiger partial charge on any atom is 0.306 e. The van der Waals surface area contributed by atoms with Crippen molar-refractivity contribution in [3.63, 3.8) is 0 Å². The van der Waals surface area contributed by atoms with Crippen molar-refractivity contribution < 1.29 is 14.7 Å². The van der Waals surface area contributed by atoms with Crippen molar-refractivity contribution in [1.29, 1.82) is 0 Å². The third kappa shape index (κ3) is 10.5. The van der Waals surface area contributed by atoms with Gasteiger partial charge >= 0.3 is 5.97 Å². The van der Waals surface area contributed by atoms with Crippen LogP contribution in [0.2, 0.25) is 0 Å². The van der Waals surface area contributed by atoms with Gasteiger partial charge in [0.1, 0.15) is 0 Å². The Morgan fingerprint density at radius 1 is 1.11 bits per heavy atom. The fraction of sp³-hybridized carbons (Fsp3) is 0.857. The molecule has 0 fully saturated rings. The molecule has 5 heteroatoms. The molecular formula is C14H28N2O3. The van der Waals surface area contributed by atoms with E-state index in [9.17, 15) is 9.59 Å². The summed E-state index contributed by atoms with van der Waals surface area (Å²) in [6.45, 7) is 8.45. The largest absolute Gasteiger partial charge is 0.481 e. The van der Waals surface area contributed by atoms with E-state index in [2.05, 4.69) is 10.6 Å². The third-order valence-electron chi connectivity index (χ3n) is 3.01. The van der Waals surface area contributed by atoms with E-state index in [-0.39, 0.29) is 17.9 Å². The van der Waals surface area contributed by atoms with Crippen LogP contribution in [0.5, 0.6) is 0 Å². The number of hydrogen-bond donors (Lipinski definition) is 3. The minimum absolute atomic E-state index is 0.0481. The van der Waals surface area contributed by atoms with Gasteiger partial charge in [0.05, 0.1) is 5.92 Å². The molecule has 2 atom stereocenters. The summed E-state index contributed by atoms with van der Waals surface area (Å²) in [4.78, 5) is 22.2. The predicted molar refractivity (Wildman–Crippen MR) is 76.0 cm³/mol. The van der Waals surface area contributed by atoms with Crippen LogP contribution in [0, 0.1) is 5.92 Å². The molecule has 0 aliphatic rings. The molecule has 0 rings (SSSR count). The van der Waals surface area contributed by atoms with Crippen molar-refractivity contribution in [3.8, 4) is 0 Å². The lowest BCUT2D eigenvalue weighted by molar-refractivity contribution is -0.141. The summed E-state index contributed by atoms with van der Waals surface area (Å²) in [6.07, 6.45) is 2.78. The first-order valence-electron chi connectivity index (χ1n) is 7.08. The number of carbonyl (C=O) groups excluding carboxylic acids is 1. The van der Waals surface area contributed by atoms with E-state index < -0.39 is 5.97 Å². The van der Waals surface area contributed by atoms with E-state index in [1.165, 1.54) is 0 Å². The number of hydrogen-bond acceptors (Lipinski definition) is 3. The molecule has 5 nitrogen and oxygen atoms in total. The van der Waals surface area contributed by atoms with E-state index >= 15 is 0 Å². The Labute approximate surface area is 116 Å². The summed E-state index contributed by atoms with van der Waals surface area (Å²) < 4.78 is 0. The lowest BCUT2D eigenvalue weighted by Crippen LogP contribution is -2.35. The zero-order valence-electron chi connectivity index (χ0n) is 12.5. The number of carbonyl (C=O) groups is 2. The summed E-state index contributed by atoms with van der Waals surface area (Å²) in [5.41, 5.74) is 0. The van der Waals surface area contributed by atoms with Crippen molar-refractivity contribution in [1.82, 2.24) is 10.6 Å². The quantitative estimate of drug-likeness (QED) is 0.566. The fourth-order valence-corrected chi connectivity index (χ4v) is 1.75. The van der Waals surface area contributed by atoms with Gasteiger partial charge < -0.3 is 15.7 Å². The van der Waals surface area contributed by atoms with Gasteiger partial charge in [0.15, 0.2) is 0 Å². The van der Waals surface area contributed by atoms with Gasteiger partial charge in [-0.1, -0.05) is 27.2 Å². The monoisotopic (exact) mass is 272 g/mol. The lowest BCUT2D eigenvalue weighted by Gasteiger charge is -2.15. The highest BCUT2D eigenvalue weighted by Gasteiger charge is 2.12. The second-order valence-electron chi connectivity index (χ2n) is 5.50. The normalized spacial score (nSPS) is 14.2. The van der Waals surface area contributed by atoms with Crippen LogP contribution in [-0.2, 0) is 9.59 Å². The van der Waals surface area contributed by atoms with Gasteiger partial charge in [-0.25, -0.2) is 0 Å². The number of amides is 1. The Hall–Kier alpha value is -1.10. The molecule has 0 aliphatic carbocycles. The molecule has 0 aromatic heterocycles. The predicted octanol–water partition coefficient (Wildman–Crippen LogP) is 1.77. The van der Waals surface area contributed by atoms with Gasteiger partial charge in [-0.15, -0.1) is 0 Å². The highest BCUT2D eigenvalue weighted by atomic mass is 16.4. The van der Waals surface area contributed by atoms with E-state index in [1.807, 2.05) is 20.8 Å². The van der Waals surface area contributed by atoms with Gasteiger partial charge in [0.25, 0.3) is 0 Å². The van der Waals surface area contributed by atoms with Crippen LogP contribution in [0.15, 0.2) is 0 Å². The molecule has 19 heavy (non-hydrogen) atoms. The van der Waals surface area contributed by atoms with Crippen molar-refractivity contribution in [3.05, 3.63) is 0 Å². The standard InChI is InChI=1S/C14H28N2O3/c1-10(2)15-9-8-13(17)16-12(4)7-5-6-11(3)14(18)19/h10-12,15H,5-9H2,1-4H3,(H,16,17)(H,18,19). The van der Waals surface area contributed by atoms with E-state index in [0.717, 1.165) is 12.8 Å². The van der Waals surface area contributed by atoms with Gasteiger partial charge in [0, 0.05) is 25.0 Å². The molecule has 2 unspecified atom stereocenters. The Balaban J connectivity index is 3.65. The van der Waals surface area contributed by atoms with E-state index in [0.29, 0.717) is 25.4 Å². The molecule has 0 heterocycles. The van der Waals surface area contributed by atoms with Crippen molar-refractivity contribution >= 4 is 11.9 Å². The molecule has 1 amide bonds. The van der Waals surface area contributed by atoms with Crippen LogP contribution >= 0.6 is 0 Å². The summed E-state index contributed by atoms with van der Waals surface area (Å²) >= 11 is 0. The fourth-order valence-electron chi connectivity index (χ4n) is 1.75. The molecule has 0 radical (unpaired) electrons. The molecule has 3 N–H and O–H groups in total. The van der Waals surface area contributed by atoms with E-state index in [4.69, 9.17) is 5.11 Å². The molecular weight excluding hydrogens is 244 g/mol. The molecule has 0 aromatic rings. The van der Waals surface area contributed by atoms with Gasteiger partial charge in [0.2, 0.25) is 5.91 Å². The van der Waals surface area contributed by atoms with Crippen LogP contribution in [0.4, 0.5) is 0 Å². The SMILES string of the molecule is CC(C)NCCC(=O)NC(C)CCCC(C)C(=O)O. The molecule has 0 saturated heterocycles. The smallest absolute Gasteiger partial charge is 0.306 e. The molecule has 112 valence electrons. The number of nitrogens with one attached hydrogen (secondary N) is 2. The summed E-state index contributed by atoms with van der Waals surface area (Å²) in [7, 11) is 0. The number of rotatable bonds is 10. The second-order valence-corrected chi connectivity index (χ2v) is 5.50. The zero-order chi connectivity index (χ0) is 14.8. The van der Waals surface area contributed by atoms with Gasteiger partial charge in [-0.2, -0.15) is 0 Å². The number of aliphatic carboxylic acids is 1. The van der Waals surface area contributed by atoms with Crippen LogP contribution in [0.1, 0.15) is 53.4 Å². The Morgan fingerprint density at radius 2 is 1.74 bits per heavy atom. The van der Waals surface area contributed by atoms with Crippen molar-refractivity contribution in [2.45, 2.75) is 65.5 Å². The number of carboxylic acid groups (broad SMARTS) is 1. The Bertz CT molecular complexity index is 280. The summed E-state index contributed by atoms with van der Waals surface area (Å²) in [5, 5.41) is 14.9. The summed E-state index contributed by atoms with van der Waals surface area (Å²) in [5.74, 6) is -1.01. The molecule has 0 spiro atoms. The highest BCUT2D eigenvalue weighted by molar-refractivity contribution is 5.76. The van der Waals surface area contributed by atoms with Crippen LogP contribution in [0.25, 0.3) is 0 Å². The Kier molecular flexibility index (Phi) is 9.21. The number of carboxylic acids is 1. The first kappa shape index (κ1) is 17.9. The maximum absolute atomic E-state index is 11.6. The average molecular weight is 272 g/mol. The van der Waals surface area contributed by atoms with Gasteiger partial charge in [-0.05, 0) is 19.8 Å². The van der Waals surface area contributed by atoms with Crippen molar-refractivity contribution in [2.75, 3.05) is 6.54 Å². The maximum atomic E-state index is 11.6. The first-order chi connectivity index (χ1) is 8.82.